The van der Waals surface area contributed by atoms with Crippen molar-refractivity contribution in [3.8, 4) is 5.75 Å². The third-order valence-corrected chi connectivity index (χ3v) is 3.44. The Morgan fingerprint density at radius 2 is 1.95 bits per heavy atom. The van der Waals surface area contributed by atoms with E-state index in [1.54, 1.807) is 7.11 Å². The number of rotatable bonds is 7. The summed E-state index contributed by atoms with van der Waals surface area (Å²) < 4.78 is 10.8. The Morgan fingerprint density at radius 1 is 1.11 bits per heavy atom. The first-order valence-corrected chi connectivity index (χ1v) is 7.66. The van der Waals surface area contributed by atoms with Crippen LogP contribution in [0.15, 0.2) is 36.4 Å². The first-order valence-electron chi connectivity index (χ1n) is 6.54. The molecule has 0 heterocycles. The molecule has 0 aromatic heterocycles. The summed E-state index contributed by atoms with van der Waals surface area (Å²) in [5.41, 5.74) is 1.33. The molecule has 2 rings (SSSR count). The van der Waals surface area contributed by atoms with Gasteiger partial charge in [0.2, 0.25) is 0 Å². The Kier molecular flexibility index (Phi) is 5.67. The standard InChI is InChI=1S/C16H19BrO2/c1-18-9-4-10-19-15-11-13-5-2-3-6-16(13)14(12-15)7-8-17/h2-3,5-6,11-12H,4,7-10H2,1H3. The van der Waals surface area contributed by atoms with Crippen LogP contribution in [-0.4, -0.2) is 25.7 Å². The zero-order valence-corrected chi connectivity index (χ0v) is 12.8. The lowest BCUT2D eigenvalue weighted by molar-refractivity contribution is 0.172. The minimum Gasteiger partial charge on any atom is -0.493 e. The van der Waals surface area contributed by atoms with E-state index in [-0.39, 0.29) is 0 Å². The zero-order chi connectivity index (χ0) is 13.5. The van der Waals surface area contributed by atoms with Crippen molar-refractivity contribution >= 4 is 26.7 Å². The summed E-state index contributed by atoms with van der Waals surface area (Å²) in [7, 11) is 1.71. The Hall–Kier alpha value is -1.06. The van der Waals surface area contributed by atoms with E-state index < -0.39 is 0 Å². The van der Waals surface area contributed by atoms with Crippen LogP contribution in [0.2, 0.25) is 0 Å². The van der Waals surface area contributed by atoms with Crippen molar-refractivity contribution in [1.82, 2.24) is 0 Å². The molecule has 0 fully saturated rings. The number of benzene rings is 2. The topological polar surface area (TPSA) is 18.5 Å². The molecule has 0 amide bonds. The van der Waals surface area contributed by atoms with Gasteiger partial charge >= 0.3 is 0 Å². The molecule has 3 heteroatoms. The van der Waals surface area contributed by atoms with Crippen LogP contribution in [0.1, 0.15) is 12.0 Å². The van der Waals surface area contributed by atoms with Crippen LogP contribution in [0.4, 0.5) is 0 Å². The van der Waals surface area contributed by atoms with Crippen molar-refractivity contribution in [1.29, 1.82) is 0 Å². The maximum atomic E-state index is 5.81. The van der Waals surface area contributed by atoms with E-state index in [1.807, 2.05) is 0 Å². The molecular formula is C16H19BrO2. The zero-order valence-electron chi connectivity index (χ0n) is 11.2. The number of methoxy groups -OCH3 is 1. The molecule has 102 valence electrons. The molecule has 19 heavy (non-hydrogen) atoms. The van der Waals surface area contributed by atoms with E-state index in [1.165, 1.54) is 16.3 Å². The minimum absolute atomic E-state index is 0.694. The lowest BCUT2D eigenvalue weighted by atomic mass is 10.0. The molecular weight excluding hydrogens is 304 g/mol. The molecule has 2 nitrogen and oxygen atoms in total. The molecule has 0 aliphatic rings. The molecule has 0 saturated carbocycles. The fourth-order valence-electron chi connectivity index (χ4n) is 2.14. The number of alkyl halides is 1. The Morgan fingerprint density at radius 3 is 2.74 bits per heavy atom. The van der Waals surface area contributed by atoms with E-state index in [4.69, 9.17) is 9.47 Å². The number of ether oxygens (including phenoxy) is 2. The van der Waals surface area contributed by atoms with Gasteiger partial charge in [-0.15, -0.1) is 0 Å². The Bertz CT molecular complexity index is 525. The molecule has 0 spiro atoms. The van der Waals surface area contributed by atoms with Gasteiger partial charge in [-0.3, -0.25) is 0 Å². The third kappa shape index (κ3) is 3.95. The van der Waals surface area contributed by atoms with Crippen molar-refractivity contribution in [2.75, 3.05) is 25.7 Å². The smallest absolute Gasteiger partial charge is 0.120 e. The van der Waals surface area contributed by atoms with E-state index in [9.17, 15) is 0 Å². The number of aryl methyl sites for hydroxylation is 1. The first kappa shape index (κ1) is 14.4. The maximum Gasteiger partial charge on any atom is 0.120 e. The highest BCUT2D eigenvalue weighted by Gasteiger charge is 2.04. The minimum atomic E-state index is 0.694. The van der Waals surface area contributed by atoms with Gasteiger partial charge in [0.1, 0.15) is 5.75 Å². The molecule has 2 aromatic rings. The van der Waals surface area contributed by atoms with Gasteiger partial charge in [-0.25, -0.2) is 0 Å². The van der Waals surface area contributed by atoms with Crippen LogP contribution >= 0.6 is 15.9 Å². The molecule has 0 N–H and O–H groups in total. The average molecular weight is 323 g/mol. The van der Waals surface area contributed by atoms with Crippen molar-refractivity contribution in [3.63, 3.8) is 0 Å². The largest absolute Gasteiger partial charge is 0.493 e. The van der Waals surface area contributed by atoms with Crippen molar-refractivity contribution in [2.24, 2.45) is 0 Å². The molecule has 0 atom stereocenters. The van der Waals surface area contributed by atoms with E-state index in [2.05, 4.69) is 52.3 Å². The Labute approximate surface area is 122 Å². The highest BCUT2D eigenvalue weighted by molar-refractivity contribution is 9.09. The summed E-state index contributed by atoms with van der Waals surface area (Å²) in [6.07, 6.45) is 1.92. The second-order valence-electron chi connectivity index (χ2n) is 4.44. The molecule has 0 aliphatic heterocycles. The van der Waals surface area contributed by atoms with Crippen molar-refractivity contribution < 1.29 is 9.47 Å². The monoisotopic (exact) mass is 322 g/mol. The van der Waals surface area contributed by atoms with Gasteiger partial charge in [0.15, 0.2) is 0 Å². The molecule has 0 radical (unpaired) electrons. The predicted molar refractivity (Wildman–Crippen MR) is 83.4 cm³/mol. The van der Waals surface area contributed by atoms with Crippen LogP contribution < -0.4 is 4.74 Å². The lowest BCUT2D eigenvalue weighted by Gasteiger charge is -2.11. The van der Waals surface area contributed by atoms with Crippen molar-refractivity contribution in [3.05, 3.63) is 42.0 Å². The average Bonchev–Trinajstić information content (AvgIpc) is 2.44. The van der Waals surface area contributed by atoms with E-state index in [0.717, 1.165) is 30.5 Å². The first-order chi connectivity index (χ1) is 9.35. The molecule has 0 unspecified atom stereocenters. The SMILES string of the molecule is COCCCOc1cc(CCBr)c2ccccc2c1. The fourth-order valence-corrected chi connectivity index (χ4v) is 2.57. The van der Waals surface area contributed by atoms with Crippen LogP contribution in [0.3, 0.4) is 0 Å². The quantitative estimate of drug-likeness (QED) is 0.562. The van der Waals surface area contributed by atoms with Gasteiger partial charge in [-0.05, 0) is 34.9 Å². The number of hydrogen-bond donors (Lipinski definition) is 0. The van der Waals surface area contributed by atoms with Crippen LogP contribution in [0.5, 0.6) is 5.75 Å². The molecule has 0 bridgehead atoms. The van der Waals surface area contributed by atoms with Gasteiger partial charge in [-0.1, -0.05) is 40.2 Å². The number of hydrogen-bond acceptors (Lipinski definition) is 2. The van der Waals surface area contributed by atoms with E-state index >= 15 is 0 Å². The van der Waals surface area contributed by atoms with Gasteiger partial charge in [0.05, 0.1) is 6.61 Å². The summed E-state index contributed by atoms with van der Waals surface area (Å²) in [5.74, 6) is 0.950. The van der Waals surface area contributed by atoms with Gasteiger partial charge < -0.3 is 9.47 Å². The summed E-state index contributed by atoms with van der Waals surface area (Å²) in [6, 6.07) is 12.7. The van der Waals surface area contributed by atoms with Crippen LogP contribution in [0, 0.1) is 0 Å². The summed E-state index contributed by atoms with van der Waals surface area (Å²) in [4.78, 5) is 0. The van der Waals surface area contributed by atoms with Crippen LogP contribution in [-0.2, 0) is 11.2 Å². The molecule has 0 saturated heterocycles. The normalized spacial score (nSPS) is 10.8. The van der Waals surface area contributed by atoms with Gasteiger partial charge in [0.25, 0.3) is 0 Å². The predicted octanol–water partition coefficient (Wildman–Crippen LogP) is 4.19. The maximum absolute atomic E-state index is 5.81. The summed E-state index contributed by atoms with van der Waals surface area (Å²) in [5, 5.41) is 3.51. The highest BCUT2D eigenvalue weighted by atomic mass is 79.9. The second kappa shape index (κ2) is 7.51. The summed E-state index contributed by atoms with van der Waals surface area (Å²) >= 11 is 3.51. The highest BCUT2D eigenvalue weighted by Crippen LogP contribution is 2.26. The van der Waals surface area contributed by atoms with Crippen LogP contribution in [0.25, 0.3) is 10.8 Å². The molecule has 0 aliphatic carbocycles. The number of halogens is 1. The van der Waals surface area contributed by atoms with E-state index in [0.29, 0.717) is 6.61 Å². The summed E-state index contributed by atoms with van der Waals surface area (Å²) in [6.45, 7) is 1.43. The van der Waals surface area contributed by atoms with Gasteiger partial charge in [0, 0.05) is 25.5 Å². The second-order valence-corrected chi connectivity index (χ2v) is 5.23. The lowest BCUT2D eigenvalue weighted by Crippen LogP contribution is -2.02. The fraction of sp³-hybridized carbons (Fsp3) is 0.375. The molecule has 2 aromatic carbocycles. The third-order valence-electron chi connectivity index (χ3n) is 3.05. The van der Waals surface area contributed by atoms with Crippen molar-refractivity contribution in [2.45, 2.75) is 12.8 Å². The number of fused-ring (bicyclic) bond motifs is 1. The van der Waals surface area contributed by atoms with Gasteiger partial charge in [-0.2, -0.15) is 0 Å². The Balaban J connectivity index is 2.19.